The highest BCUT2D eigenvalue weighted by molar-refractivity contribution is 9.10. The van der Waals surface area contributed by atoms with Crippen molar-refractivity contribution in [2.24, 2.45) is 5.92 Å². The second-order valence-electron chi connectivity index (χ2n) is 5.53. The number of sulfonamides is 1. The Hall–Kier alpha value is -2.09. The summed E-state index contributed by atoms with van der Waals surface area (Å²) >= 11 is 3.26. The van der Waals surface area contributed by atoms with Crippen LogP contribution < -0.4 is 9.84 Å². The van der Waals surface area contributed by atoms with Crippen LogP contribution in [0.25, 0.3) is 0 Å². The lowest BCUT2D eigenvalue weighted by Crippen LogP contribution is -2.45. The molecule has 0 fully saturated rings. The van der Waals surface area contributed by atoms with Crippen molar-refractivity contribution in [3.8, 4) is 6.07 Å². The number of aromatic nitrogens is 2. The van der Waals surface area contributed by atoms with E-state index in [9.17, 15) is 12.8 Å². The summed E-state index contributed by atoms with van der Waals surface area (Å²) in [6.07, 6.45) is 1.38. The quantitative estimate of drug-likeness (QED) is 0.711. The number of nitrogens with zero attached hydrogens (tertiary/aromatic N) is 4. The molecule has 1 heterocycles. The Morgan fingerprint density at radius 1 is 1.36 bits per heavy atom. The number of hydrogen-bond donors (Lipinski definition) is 1. The lowest BCUT2D eigenvalue weighted by molar-refractivity contribution is 0.551. The number of nitriles is 1. The van der Waals surface area contributed by atoms with Gasteiger partial charge in [0.25, 0.3) is 10.0 Å². The summed E-state index contributed by atoms with van der Waals surface area (Å²) < 4.78 is 38.6. The van der Waals surface area contributed by atoms with Gasteiger partial charge in [0, 0.05) is 12.7 Å². The predicted octanol–water partition coefficient (Wildman–Crippen LogP) is 2.61. The molecule has 10 heteroatoms. The van der Waals surface area contributed by atoms with Crippen LogP contribution in [0.15, 0.2) is 39.8 Å². The fraction of sp³-hybridized carbons (Fsp3) is 0.267. The summed E-state index contributed by atoms with van der Waals surface area (Å²) in [5.74, 6) is -0.322. The largest absolute Gasteiger partial charge is 0.277 e. The van der Waals surface area contributed by atoms with Gasteiger partial charge in [0.1, 0.15) is 11.9 Å². The number of hydrazine groups is 1. The Balaban J connectivity index is 2.42. The number of halogens is 2. The van der Waals surface area contributed by atoms with E-state index in [1.54, 1.807) is 0 Å². The van der Waals surface area contributed by atoms with Crippen LogP contribution in [0.3, 0.4) is 0 Å². The number of anilines is 1. The van der Waals surface area contributed by atoms with Crippen LogP contribution in [0.5, 0.6) is 0 Å². The minimum Gasteiger partial charge on any atom is -0.277 e. The summed E-state index contributed by atoms with van der Waals surface area (Å²) in [5.41, 5.74) is 0. The molecule has 2 aromatic rings. The molecule has 0 aliphatic heterocycles. The maximum absolute atomic E-state index is 13.0. The van der Waals surface area contributed by atoms with Crippen LogP contribution in [-0.4, -0.2) is 24.9 Å². The zero-order valence-electron chi connectivity index (χ0n) is 13.4. The number of rotatable bonds is 6. The van der Waals surface area contributed by atoms with E-state index in [4.69, 9.17) is 5.26 Å². The first-order valence-electron chi connectivity index (χ1n) is 7.21. The van der Waals surface area contributed by atoms with Gasteiger partial charge in [-0.3, -0.25) is 5.01 Å². The van der Waals surface area contributed by atoms with Gasteiger partial charge in [-0.15, -0.1) is 4.83 Å². The van der Waals surface area contributed by atoms with Gasteiger partial charge in [0.2, 0.25) is 5.82 Å². The van der Waals surface area contributed by atoms with Crippen LogP contribution in [0.1, 0.15) is 19.7 Å². The van der Waals surface area contributed by atoms with E-state index in [0.29, 0.717) is 11.0 Å². The first-order valence-corrected chi connectivity index (χ1v) is 9.48. The SMILES string of the molecule is CC(C)CN(NS(=O)(=O)c1ccc(F)cc1)c1nc(C#N)ncc1Br. The van der Waals surface area contributed by atoms with Crippen LogP contribution in [-0.2, 0) is 10.0 Å². The molecule has 0 saturated carbocycles. The highest BCUT2D eigenvalue weighted by Gasteiger charge is 2.22. The normalized spacial score (nSPS) is 11.4. The van der Waals surface area contributed by atoms with Crippen molar-refractivity contribution in [1.82, 2.24) is 14.8 Å². The zero-order chi connectivity index (χ0) is 18.6. The summed E-state index contributed by atoms with van der Waals surface area (Å²) in [6, 6.07) is 6.28. The Bertz CT molecular complexity index is 897. The molecule has 0 spiro atoms. The van der Waals surface area contributed by atoms with Crippen molar-refractivity contribution in [3.05, 3.63) is 46.6 Å². The highest BCUT2D eigenvalue weighted by atomic mass is 79.9. The predicted molar refractivity (Wildman–Crippen MR) is 93.4 cm³/mol. The summed E-state index contributed by atoms with van der Waals surface area (Å²) in [6.45, 7) is 4.10. The van der Waals surface area contributed by atoms with Gasteiger partial charge >= 0.3 is 0 Å². The van der Waals surface area contributed by atoms with E-state index in [1.807, 2.05) is 19.9 Å². The maximum atomic E-state index is 13.0. The first-order chi connectivity index (χ1) is 11.7. The molecular formula is C15H15BrFN5O2S. The van der Waals surface area contributed by atoms with Crippen molar-refractivity contribution in [3.63, 3.8) is 0 Å². The van der Waals surface area contributed by atoms with Gasteiger partial charge in [-0.2, -0.15) is 10.2 Å². The molecule has 0 radical (unpaired) electrons. The third-order valence-corrected chi connectivity index (χ3v) is 4.90. The molecule has 2 rings (SSSR count). The topological polar surface area (TPSA) is 99.0 Å². The molecule has 0 aliphatic rings. The second-order valence-corrected chi connectivity index (χ2v) is 8.05. The van der Waals surface area contributed by atoms with E-state index < -0.39 is 15.8 Å². The lowest BCUT2D eigenvalue weighted by atomic mass is 10.2. The standard InChI is InChI=1S/C15H15BrFN5O2S/c1-10(2)9-22(15-13(16)8-19-14(7-18)20-15)21-25(23,24)12-5-3-11(17)4-6-12/h3-6,8,10,21H,9H2,1-2H3. The van der Waals surface area contributed by atoms with Gasteiger partial charge in [-0.25, -0.2) is 17.8 Å². The van der Waals surface area contributed by atoms with Crippen molar-refractivity contribution >= 4 is 31.8 Å². The number of hydrogen-bond acceptors (Lipinski definition) is 6. The molecule has 1 aromatic heterocycles. The molecule has 0 atom stereocenters. The molecule has 1 N–H and O–H groups in total. The molecule has 132 valence electrons. The molecule has 0 unspecified atom stereocenters. The lowest BCUT2D eigenvalue weighted by Gasteiger charge is -2.26. The molecule has 0 aliphatic carbocycles. The van der Waals surface area contributed by atoms with Crippen molar-refractivity contribution in [2.75, 3.05) is 11.6 Å². The van der Waals surface area contributed by atoms with E-state index >= 15 is 0 Å². The van der Waals surface area contributed by atoms with Crippen LogP contribution in [0.2, 0.25) is 0 Å². The molecule has 1 aromatic carbocycles. The first kappa shape index (κ1) is 19.2. The average molecular weight is 428 g/mol. The van der Waals surface area contributed by atoms with Gasteiger partial charge in [0.05, 0.1) is 9.37 Å². The molecule has 0 saturated heterocycles. The van der Waals surface area contributed by atoms with Crippen LogP contribution in [0, 0.1) is 23.1 Å². The smallest absolute Gasteiger partial charge is 0.257 e. The van der Waals surface area contributed by atoms with Crippen LogP contribution >= 0.6 is 15.9 Å². The van der Waals surface area contributed by atoms with E-state index in [0.717, 1.165) is 12.1 Å². The maximum Gasteiger partial charge on any atom is 0.257 e. The van der Waals surface area contributed by atoms with Gasteiger partial charge < -0.3 is 0 Å². The summed E-state index contributed by atoms with van der Waals surface area (Å²) in [5, 5.41) is 10.3. The molecule has 0 amide bonds. The molecule has 7 nitrogen and oxygen atoms in total. The second kappa shape index (κ2) is 7.86. The van der Waals surface area contributed by atoms with Gasteiger partial charge in [-0.1, -0.05) is 13.8 Å². The number of nitrogens with one attached hydrogen (secondary N) is 1. The average Bonchev–Trinajstić information content (AvgIpc) is 2.54. The van der Waals surface area contributed by atoms with Gasteiger partial charge in [-0.05, 0) is 46.1 Å². The summed E-state index contributed by atoms with van der Waals surface area (Å²) in [7, 11) is -3.96. The summed E-state index contributed by atoms with van der Waals surface area (Å²) in [4.78, 5) is 10.2. The minimum atomic E-state index is -3.96. The van der Waals surface area contributed by atoms with E-state index in [-0.39, 0.29) is 22.5 Å². The van der Waals surface area contributed by atoms with Crippen molar-refractivity contribution in [2.45, 2.75) is 18.7 Å². The Labute approximate surface area is 153 Å². The molecule has 25 heavy (non-hydrogen) atoms. The minimum absolute atomic E-state index is 0.0864. The van der Waals surface area contributed by atoms with Crippen molar-refractivity contribution in [1.29, 1.82) is 5.26 Å². The fourth-order valence-electron chi connectivity index (χ4n) is 1.94. The molecular weight excluding hydrogens is 413 g/mol. The Morgan fingerprint density at radius 3 is 2.56 bits per heavy atom. The molecule has 0 bridgehead atoms. The highest BCUT2D eigenvalue weighted by Crippen LogP contribution is 2.24. The Morgan fingerprint density at radius 2 is 2.00 bits per heavy atom. The number of benzene rings is 1. The van der Waals surface area contributed by atoms with Crippen molar-refractivity contribution < 1.29 is 12.8 Å². The van der Waals surface area contributed by atoms with Gasteiger partial charge in [0.15, 0.2) is 5.82 Å². The van der Waals surface area contributed by atoms with E-state index in [1.165, 1.54) is 23.3 Å². The Kier molecular flexibility index (Phi) is 6.05. The zero-order valence-corrected chi connectivity index (χ0v) is 15.8. The third-order valence-electron chi connectivity index (χ3n) is 2.98. The van der Waals surface area contributed by atoms with E-state index in [2.05, 4.69) is 30.7 Å². The third kappa shape index (κ3) is 4.94. The van der Waals surface area contributed by atoms with Crippen LogP contribution in [0.4, 0.5) is 10.2 Å². The fourth-order valence-corrected chi connectivity index (χ4v) is 3.40. The monoisotopic (exact) mass is 427 g/mol.